The van der Waals surface area contributed by atoms with Crippen molar-refractivity contribution in [3.05, 3.63) is 42.0 Å². The second-order valence-electron chi connectivity index (χ2n) is 7.30. The molecule has 6 nitrogen and oxygen atoms in total. The summed E-state index contributed by atoms with van der Waals surface area (Å²) in [6.45, 7) is 3.37. The average molecular weight is 370 g/mol. The van der Waals surface area contributed by atoms with E-state index in [1.54, 1.807) is 30.3 Å². The minimum Gasteiger partial charge on any atom is -0.427 e. The Kier molecular flexibility index (Phi) is 6.27. The first kappa shape index (κ1) is 19.1. The van der Waals surface area contributed by atoms with E-state index in [2.05, 4.69) is 5.32 Å². The standard InChI is InChI=1S/C21H26N2O4/c1-15(24)27-19-4-2-3-18(13-19)21(26)22-14-17-9-11-23(12-10-17)20(25)8-7-16-5-6-16/h2-4,7-8,13,16-17H,5-6,9-12,14H2,1H3,(H,22,26)/b8-7+. The lowest BCUT2D eigenvalue weighted by molar-refractivity contribution is -0.132. The minimum atomic E-state index is -0.416. The van der Waals surface area contributed by atoms with Gasteiger partial charge in [-0.15, -0.1) is 0 Å². The Balaban J connectivity index is 1.42. The van der Waals surface area contributed by atoms with Crippen molar-refractivity contribution in [1.29, 1.82) is 0 Å². The van der Waals surface area contributed by atoms with E-state index in [1.807, 2.05) is 11.0 Å². The van der Waals surface area contributed by atoms with Gasteiger partial charge in [0.1, 0.15) is 5.75 Å². The van der Waals surface area contributed by atoms with Gasteiger partial charge in [-0.05, 0) is 61.8 Å². The topological polar surface area (TPSA) is 75.7 Å². The Morgan fingerprint density at radius 1 is 1.19 bits per heavy atom. The van der Waals surface area contributed by atoms with E-state index in [0.29, 0.717) is 29.7 Å². The molecule has 1 heterocycles. The minimum absolute atomic E-state index is 0.103. The van der Waals surface area contributed by atoms with Crippen LogP contribution in [0, 0.1) is 11.8 Å². The van der Waals surface area contributed by atoms with Crippen molar-refractivity contribution in [2.24, 2.45) is 11.8 Å². The quantitative estimate of drug-likeness (QED) is 0.474. The summed E-state index contributed by atoms with van der Waals surface area (Å²) in [5.41, 5.74) is 0.464. The molecule has 144 valence electrons. The third-order valence-corrected chi connectivity index (χ3v) is 4.97. The van der Waals surface area contributed by atoms with Gasteiger partial charge in [-0.1, -0.05) is 12.1 Å². The van der Waals surface area contributed by atoms with Crippen molar-refractivity contribution in [1.82, 2.24) is 10.2 Å². The van der Waals surface area contributed by atoms with E-state index in [4.69, 9.17) is 4.74 Å². The van der Waals surface area contributed by atoms with E-state index >= 15 is 0 Å². The van der Waals surface area contributed by atoms with Crippen LogP contribution in [0.4, 0.5) is 0 Å². The van der Waals surface area contributed by atoms with Gasteiger partial charge in [-0.2, -0.15) is 0 Å². The maximum Gasteiger partial charge on any atom is 0.308 e. The summed E-state index contributed by atoms with van der Waals surface area (Å²) in [6, 6.07) is 6.58. The van der Waals surface area contributed by atoms with Crippen molar-refractivity contribution in [2.45, 2.75) is 32.6 Å². The molecule has 0 unspecified atom stereocenters. The lowest BCUT2D eigenvalue weighted by atomic mass is 9.96. The lowest BCUT2D eigenvalue weighted by Crippen LogP contribution is -2.41. The molecular formula is C21H26N2O4. The van der Waals surface area contributed by atoms with Gasteiger partial charge < -0.3 is 15.0 Å². The summed E-state index contributed by atoms with van der Waals surface area (Å²) < 4.78 is 5.01. The zero-order valence-electron chi connectivity index (χ0n) is 15.6. The van der Waals surface area contributed by atoms with E-state index in [9.17, 15) is 14.4 Å². The van der Waals surface area contributed by atoms with E-state index < -0.39 is 5.97 Å². The van der Waals surface area contributed by atoms with Gasteiger partial charge in [0, 0.05) is 32.1 Å². The van der Waals surface area contributed by atoms with Gasteiger partial charge in [0.25, 0.3) is 5.91 Å². The van der Waals surface area contributed by atoms with Gasteiger partial charge in [-0.25, -0.2) is 0 Å². The van der Waals surface area contributed by atoms with Crippen LogP contribution in [0.5, 0.6) is 5.75 Å². The van der Waals surface area contributed by atoms with Crippen molar-refractivity contribution >= 4 is 17.8 Å². The van der Waals surface area contributed by atoms with Crippen LogP contribution in [0.25, 0.3) is 0 Å². The van der Waals surface area contributed by atoms with Crippen molar-refractivity contribution < 1.29 is 19.1 Å². The maximum absolute atomic E-state index is 12.3. The molecule has 0 aromatic heterocycles. The number of carbonyl (C=O) groups excluding carboxylic acids is 3. The number of esters is 1. The Labute approximate surface area is 159 Å². The summed E-state index contributed by atoms with van der Waals surface area (Å²) in [5.74, 6) is 0.840. The smallest absolute Gasteiger partial charge is 0.308 e. The number of ether oxygens (including phenoxy) is 1. The monoisotopic (exact) mass is 370 g/mol. The molecular weight excluding hydrogens is 344 g/mol. The summed E-state index contributed by atoms with van der Waals surface area (Å²) in [6.07, 6.45) is 7.92. The first-order valence-electron chi connectivity index (χ1n) is 9.55. The zero-order chi connectivity index (χ0) is 19.2. The number of nitrogens with one attached hydrogen (secondary N) is 1. The molecule has 0 radical (unpaired) electrons. The molecule has 0 spiro atoms. The second kappa shape index (κ2) is 8.84. The van der Waals surface area contributed by atoms with Crippen LogP contribution in [0.2, 0.25) is 0 Å². The van der Waals surface area contributed by atoms with E-state index in [0.717, 1.165) is 25.9 Å². The number of piperidine rings is 1. The lowest BCUT2D eigenvalue weighted by Gasteiger charge is -2.31. The van der Waals surface area contributed by atoms with Crippen molar-refractivity contribution in [3.8, 4) is 5.75 Å². The summed E-state index contributed by atoms with van der Waals surface area (Å²) in [5, 5.41) is 2.94. The Morgan fingerprint density at radius 2 is 1.93 bits per heavy atom. The average Bonchev–Trinajstić information content (AvgIpc) is 3.49. The second-order valence-corrected chi connectivity index (χ2v) is 7.30. The van der Waals surface area contributed by atoms with Gasteiger partial charge >= 0.3 is 5.97 Å². The van der Waals surface area contributed by atoms with Gasteiger partial charge in [-0.3, -0.25) is 14.4 Å². The van der Waals surface area contributed by atoms with Crippen LogP contribution < -0.4 is 10.1 Å². The number of allylic oxidation sites excluding steroid dienone is 1. The normalized spacial score (nSPS) is 17.7. The third kappa shape index (κ3) is 5.94. The highest BCUT2D eigenvalue weighted by atomic mass is 16.5. The molecule has 0 bridgehead atoms. The molecule has 2 amide bonds. The molecule has 1 aliphatic carbocycles. The predicted molar refractivity (Wildman–Crippen MR) is 101 cm³/mol. The highest BCUT2D eigenvalue weighted by Gasteiger charge is 2.23. The predicted octanol–water partition coefficient (Wildman–Crippen LogP) is 2.55. The fraction of sp³-hybridized carbons (Fsp3) is 0.476. The Hall–Kier alpha value is -2.63. The van der Waals surface area contributed by atoms with Crippen LogP contribution in [0.15, 0.2) is 36.4 Å². The molecule has 1 aromatic rings. The van der Waals surface area contributed by atoms with Crippen LogP contribution in [-0.2, 0) is 9.59 Å². The zero-order valence-corrected chi connectivity index (χ0v) is 15.6. The van der Waals surface area contributed by atoms with Gasteiger partial charge in [0.05, 0.1) is 0 Å². The fourth-order valence-corrected chi connectivity index (χ4v) is 3.18. The molecule has 2 aliphatic rings. The molecule has 1 saturated heterocycles. The van der Waals surface area contributed by atoms with E-state index in [1.165, 1.54) is 19.8 Å². The van der Waals surface area contributed by atoms with Gasteiger partial charge in [0.15, 0.2) is 0 Å². The molecule has 0 atom stereocenters. The molecule has 1 saturated carbocycles. The van der Waals surface area contributed by atoms with Crippen molar-refractivity contribution in [2.75, 3.05) is 19.6 Å². The molecule has 2 fully saturated rings. The maximum atomic E-state index is 12.3. The van der Waals surface area contributed by atoms with Crippen LogP contribution >= 0.6 is 0 Å². The molecule has 27 heavy (non-hydrogen) atoms. The number of hydrogen-bond acceptors (Lipinski definition) is 4. The summed E-state index contributed by atoms with van der Waals surface area (Å²) >= 11 is 0. The highest BCUT2D eigenvalue weighted by molar-refractivity contribution is 5.94. The largest absolute Gasteiger partial charge is 0.427 e. The number of amides is 2. The number of hydrogen-bond donors (Lipinski definition) is 1. The van der Waals surface area contributed by atoms with Crippen LogP contribution in [0.3, 0.4) is 0 Å². The van der Waals surface area contributed by atoms with E-state index in [-0.39, 0.29) is 11.8 Å². The molecule has 6 heteroatoms. The molecule has 1 aliphatic heterocycles. The Bertz CT molecular complexity index is 731. The number of likely N-dealkylation sites (tertiary alicyclic amines) is 1. The first-order chi connectivity index (χ1) is 13.0. The number of carbonyl (C=O) groups is 3. The molecule has 1 N–H and O–H groups in total. The SMILES string of the molecule is CC(=O)Oc1cccc(C(=O)NCC2CCN(C(=O)/C=C/C3CC3)CC2)c1. The van der Waals surface area contributed by atoms with Gasteiger partial charge in [0.2, 0.25) is 5.91 Å². The first-order valence-corrected chi connectivity index (χ1v) is 9.55. The number of nitrogens with zero attached hydrogens (tertiary/aromatic N) is 1. The highest BCUT2D eigenvalue weighted by Crippen LogP contribution is 2.30. The number of benzene rings is 1. The fourth-order valence-electron chi connectivity index (χ4n) is 3.18. The molecule has 3 rings (SSSR count). The van der Waals surface area contributed by atoms with Crippen molar-refractivity contribution in [3.63, 3.8) is 0 Å². The summed E-state index contributed by atoms with van der Waals surface area (Å²) in [4.78, 5) is 37.4. The summed E-state index contributed by atoms with van der Waals surface area (Å²) in [7, 11) is 0. The Morgan fingerprint density at radius 3 is 2.59 bits per heavy atom. The van der Waals surface area contributed by atoms with Crippen LogP contribution in [-0.4, -0.2) is 42.3 Å². The number of rotatable bonds is 6. The third-order valence-electron chi connectivity index (χ3n) is 4.97. The van der Waals surface area contributed by atoms with Crippen LogP contribution in [0.1, 0.15) is 43.0 Å². The molecule has 1 aromatic carbocycles.